The summed E-state index contributed by atoms with van der Waals surface area (Å²) >= 11 is 1.44. The second kappa shape index (κ2) is 8.40. The molecule has 0 bridgehead atoms. The van der Waals surface area contributed by atoms with Crippen molar-refractivity contribution in [1.82, 2.24) is 14.5 Å². The van der Waals surface area contributed by atoms with Crippen LogP contribution in [-0.2, 0) is 4.79 Å². The third kappa shape index (κ3) is 4.46. The van der Waals surface area contributed by atoms with Gasteiger partial charge in [-0.15, -0.1) is 0 Å². The SMILES string of the molecule is CCN(CC)C(=O)c1cccc(NC(=O)CSc2nccn2C2CC2)c1. The topological polar surface area (TPSA) is 67.2 Å². The van der Waals surface area contributed by atoms with Gasteiger partial charge in [-0.2, -0.15) is 0 Å². The van der Waals surface area contributed by atoms with Gasteiger partial charge < -0.3 is 14.8 Å². The Balaban J connectivity index is 1.58. The largest absolute Gasteiger partial charge is 0.339 e. The molecule has 0 radical (unpaired) electrons. The van der Waals surface area contributed by atoms with E-state index in [0.717, 1.165) is 5.16 Å². The van der Waals surface area contributed by atoms with Crippen LogP contribution in [0.25, 0.3) is 0 Å². The van der Waals surface area contributed by atoms with E-state index in [4.69, 9.17) is 0 Å². The third-order valence-corrected chi connectivity index (χ3v) is 5.33. The van der Waals surface area contributed by atoms with E-state index in [9.17, 15) is 9.59 Å². The summed E-state index contributed by atoms with van der Waals surface area (Å²) < 4.78 is 2.14. The predicted octanol–water partition coefficient (Wildman–Crippen LogP) is 3.43. The number of hydrogen-bond acceptors (Lipinski definition) is 4. The number of amides is 2. The van der Waals surface area contributed by atoms with Gasteiger partial charge in [0.2, 0.25) is 5.91 Å². The van der Waals surface area contributed by atoms with E-state index in [2.05, 4.69) is 14.9 Å². The standard InChI is InChI=1S/C19H24N4O2S/c1-3-22(4-2)18(25)14-6-5-7-15(12-14)21-17(24)13-26-19-20-10-11-23(19)16-8-9-16/h5-7,10-12,16H,3-4,8-9,13H2,1-2H3,(H,21,24). The Morgan fingerprint density at radius 3 is 2.77 bits per heavy atom. The number of hydrogen-bond donors (Lipinski definition) is 1. The summed E-state index contributed by atoms with van der Waals surface area (Å²) in [5.74, 6) is 0.164. The van der Waals surface area contributed by atoms with Crippen LogP contribution in [0.3, 0.4) is 0 Å². The van der Waals surface area contributed by atoms with Gasteiger partial charge >= 0.3 is 0 Å². The third-order valence-electron chi connectivity index (χ3n) is 4.35. The van der Waals surface area contributed by atoms with Crippen LogP contribution >= 0.6 is 11.8 Å². The fraction of sp³-hybridized carbons (Fsp3) is 0.421. The monoisotopic (exact) mass is 372 g/mol. The van der Waals surface area contributed by atoms with Crippen LogP contribution in [0.1, 0.15) is 43.1 Å². The number of thioether (sulfide) groups is 1. The first-order valence-electron chi connectivity index (χ1n) is 8.97. The number of carbonyl (C=O) groups is 2. The molecule has 1 saturated carbocycles. The van der Waals surface area contributed by atoms with Gasteiger partial charge in [0.25, 0.3) is 5.91 Å². The number of imidazole rings is 1. The van der Waals surface area contributed by atoms with Gasteiger partial charge in [-0.25, -0.2) is 4.98 Å². The van der Waals surface area contributed by atoms with E-state index in [-0.39, 0.29) is 17.6 Å². The summed E-state index contributed by atoms with van der Waals surface area (Å²) in [6.07, 6.45) is 6.12. The number of nitrogens with one attached hydrogen (secondary N) is 1. The van der Waals surface area contributed by atoms with E-state index in [1.165, 1.54) is 24.6 Å². The summed E-state index contributed by atoms with van der Waals surface area (Å²) in [4.78, 5) is 30.8. The van der Waals surface area contributed by atoms with Gasteiger partial charge in [0, 0.05) is 42.8 Å². The van der Waals surface area contributed by atoms with Gasteiger partial charge in [-0.1, -0.05) is 17.8 Å². The van der Waals surface area contributed by atoms with Crippen LogP contribution in [-0.4, -0.2) is 45.1 Å². The number of rotatable bonds is 8. The van der Waals surface area contributed by atoms with Crippen molar-refractivity contribution in [2.45, 2.75) is 37.9 Å². The molecule has 0 aliphatic heterocycles. The Bertz CT molecular complexity index is 781. The van der Waals surface area contributed by atoms with Crippen LogP contribution in [0.5, 0.6) is 0 Å². The number of nitrogens with zero attached hydrogens (tertiary/aromatic N) is 3. The maximum absolute atomic E-state index is 12.4. The van der Waals surface area contributed by atoms with E-state index in [0.29, 0.717) is 30.4 Å². The molecule has 1 aliphatic carbocycles. The molecule has 0 atom stereocenters. The second-order valence-corrected chi connectivity index (χ2v) is 7.19. The first kappa shape index (κ1) is 18.5. The van der Waals surface area contributed by atoms with Crippen molar-refractivity contribution in [2.24, 2.45) is 0 Å². The van der Waals surface area contributed by atoms with E-state index in [1.807, 2.05) is 20.0 Å². The maximum Gasteiger partial charge on any atom is 0.253 e. The second-order valence-electron chi connectivity index (χ2n) is 6.24. The molecule has 1 aromatic heterocycles. The van der Waals surface area contributed by atoms with Crippen molar-refractivity contribution in [3.05, 3.63) is 42.2 Å². The molecule has 1 N–H and O–H groups in total. The molecule has 3 rings (SSSR count). The average molecular weight is 372 g/mol. The average Bonchev–Trinajstić information content (AvgIpc) is 3.39. The molecular formula is C19H24N4O2S. The van der Waals surface area contributed by atoms with E-state index < -0.39 is 0 Å². The fourth-order valence-electron chi connectivity index (χ4n) is 2.79. The summed E-state index contributed by atoms with van der Waals surface area (Å²) in [6, 6.07) is 7.64. The van der Waals surface area contributed by atoms with Crippen molar-refractivity contribution in [3.63, 3.8) is 0 Å². The molecule has 0 unspecified atom stereocenters. The predicted molar refractivity (Wildman–Crippen MR) is 104 cm³/mol. The van der Waals surface area contributed by atoms with E-state index >= 15 is 0 Å². The molecule has 1 fully saturated rings. The summed E-state index contributed by atoms with van der Waals surface area (Å²) in [6.45, 7) is 5.23. The Hall–Kier alpha value is -2.28. The van der Waals surface area contributed by atoms with Gasteiger partial charge in [0.15, 0.2) is 5.16 Å². The minimum absolute atomic E-state index is 0.0214. The molecule has 1 aliphatic rings. The molecule has 2 amide bonds. The van der Waals surface area contributed by atoms with Crippen LogP contribution in [0, 0.1) is 0 Å². The number of anilines is 1. The minimum atomic E-state index is -0.104. The summed E-state index contributed by atoms with van der Waals surface area (Å²) in [5.41, 5.74) is 1.22. The lowest BCUT2D eigenvalue weighted by atomic mass is 10.1. The van der Waals surface area contributed by atoms with Crippen LogP contribution < -0.4 is 5.32 Å². The van der Waals surface area contributed by atoms with Crippen molar-refractivity contribution in [2.75, 3.05) is 24.2 Å². The van der Waals surface area contributed by atoms with Gasteiger partial charge in [-0.3, -0.25) is 9.59 Å². The molecule has 2 aromatic rings. The van der Waals surface area contributed by atoms with Crippen LogP contribution in [0.15, 0.2) is 41.8 Å². The number of aromatic nitrogens is 2. The number of benzene rings is 1. The quantitative estimate of drug-likeness (QED) is 0.721. The van der Waals surface area contributed by atoms with Gasteiger partial charge in [-0.05, 0) is 44.9 Å². The lowest BCUT2D eigenvalue weighted by molar-refractivity contribution is -0.113. The maximum atomic E-state index is 12.4. The minimum Gasteiger partial charge on any atom is -0.339 e. The highest BCUT2D eigenvalue weighted by molar-refractivity contribution is 7.99. The van der Waals surface area contributed by atoms with Crippen molar-refractivity contribution in [1.29, 1.82) is 0 Å². The zero-order chi connectivity index (χ0) is 18.5. The molecular weight excluding hydrogens is 348 g/mol. The fourth-order valence-corrected chi connectivity index (χ4v) is 3.62. The molecule has 1 aromatic carbocycles. The highest BCUT2D eigenvalue weighted by atomic mass is 32.2. The molecule has 0 saturated heterocycles. The number of carbonyl (C=O) groups excluding carboxylic acids is 2. The van der Waals surface area contributed by atoms with Gasteiger partial charge in [0.05, 0.1) is 5.75 Å². The highest BCUT2D eigenvalue weighted by Crippen LogP contribution is 2.37. The van der Waals surface area contributed by atoms with Crippen LogP contribution in [0.4, 0.5) is 5.69 Å². The van der Waals surface area contributed by atoms with Crippen molar-refractivity contribution >= 4 is 29.3 Å². The molecule has 7 heteroatoms. The Morgan fingerprint density at radius 2 is 2.08 bits per heavy atom. The molecule has 6 nitrogen and oxygen atoms in total. The molecule has 26 heavy (non-hydrogen) atoms. The zero-order valence-electron chi connectivity index (χ0n) is 15.1. The normalized spacial score (nSPS) is 13.5. The van der Waals surface area contributed by atoms with Gasteiger partial charge in [0.1, 0.15) is 0 Å². The highest BCUT2D eigenvalue weighted by Gasteiger charge is 2.25. The molecule has 1 heterocycles. The Morgan fingerprint density at radius 1 is 1.31 bits per heavy atom. The smallest absolute Gasteiger partial charge is 0.253 e. The van der Waals surface area contributed by atoms with Crippen molar-refractivity contribution < 1.29 is 9.59 Å². The molecule has 0 spiro atoms. The Kier molecular flexibility index (Phi) is 5.98. The first-order valence-corrected chi connectivity index (χ1v) is 9.95. The lowest BCUT2D eigenvalue weighted by Crippen LogP contribution is -2.30. The first-order chi connectivity index (χ1) is 12.6. The van der Waals surface area contributed by atoms with Crippen molar-refractivity contribution in [3.8, 4) is 0 Å². The van der Waals surface area contributed by atoms with Crippen LogP contribution in [0.2, 0.25) is 0 Å². The zero-order valence-corrected chi connectivity index (χ0v) is 16.0. The summed E-state index contributed by atoms with van der Waals surface area (Å²) in [5, 5.41) is 3.75. The van der Waals surface area contributed by atoms with E-state index in [1.54, 1.807) is 35.4 Å². The Labute approximate surface area is 158 Å². The molecule has 138 valence electrons. The summed E-state index contributed by atoms with van der Waals surface area (Å²) in [7, 11) is 0. The lowest BCUT2D eigenvalue weighted by Gasteiger charge is -2.19.